The van der Waals surface area contributed by atoms with Crippen LogP contribution in [0.3, 0.4) is 0 Å². The maximum Gasteiger partial charge on any atom is 0.346 e. The highest BCUT2D eigenvalue weighted by Crippen LogP contribution is 2.28. The molecule has 0 amide bonds. The van der Waals surface area contributed by atoms with Gasteiger partial charge in [0.15, 0.2) is 0 Å². The normalized spacial score (nSPS) is 20.0. The number of methoxy groups -OCH3 is 1. The fourth-order valence-corrected chi connectivity index (χ4v) is 2.51. The molecule has 0 spiro atoms. The lowest BCUT2D eigenvalue weighted by atomic mass is 10.0. The smallest absolute Gasteiger partial charge is 0.346 e. The van der Waals surface area contributed by atoms with Crippen LogP contribution in [0.4, 0.5) is 4.39 Å². The minimum atomic E-state index is -3.58. The van der Waals surface area contributed by atoms with E-state index in [1.807, 2.05) is 0 Å². The highest BCUT2D eigenvalue weighted by atomic mass is 32.2. The highest BCUT2D eigenvalue weighted by molar-refractivity contribution is 7.88. The van der Waals surface area contributed by atoms with Gasteiger partial charge in [-0.05, 0) is 24.3 Å². The summed E-state index contributed by atoms with van der Waals surface area (Å²) in [5.41, 5.74) is 1.23. The monoisotopic (exact) mass is 355 g/mol. The molecule has 128 valence electrons. The van der Waals surface area contributed by atoms with Gasteiger partial charge in [-0.2, -0.15) is 5.26 Å². The Balaban J connectivity index is 2.39. The van der Waals surface area contributed by atoms with E-state index in [-0.39, 0.29) is 11.3 Å². The maximum atomic E-state index is 13.4. The van der Waals surface area contributed by atoms with Gasteiger partial charge in [-0.3, -0.25) is 10.3 Å². The molecule has 10 heteroatoms. The second-order valence-corrected chi connectivity index (χ2v) is 6.88. The van der Waals surface area contributed by atoms with Gasteiger partial charge < -0.3 is 4.74 Å². The van der Waals surface area contributed by atoms with Crippen molar-refractivity contribution in [3.8, 4) is 6.07 Å². The van der Waals surface area contributed by atoms with E-state index < -0.39 is 34.0 Å². The molecular formula is C14H14FN3O5S. The fourth-order valence-electron chi connectivity index (χ4n) is 2.03. The van der Waals surface area contributed by atoms with Crippen molar-refractivity contribution in [1.82, 2.24) is 10.2 Å². The summed E-state index contributed by atoms with van der Waals surface area (Å²) in [5.74, 6) is -1.51. The summed E-state index contributed by atoms with van der Waals surface area (Å²) in [6.45, 7) is -0.401. The molecule has 0 saturated heterocycles. The highest BCUT2D eigenvalue weighted by Gasteiger charge is 2.45. The molecule has 0 fully saturated rings. The number of hydrogen-bond donors (Lipinski definition) is 2. The number of nitriles is 1. The molecule has 0 saturated carbocycles. The lowest BCUT2D eigenvalue weighted by Crippen LogP contribution is -2.49. The molecular weight excluding hydrogens is 341 g/mol. The van der Waals surface area contributed by atoms with Gasteiger partial charge in [0.1, 0.15) is 11.9 Å². The van der Waals surface area contributed by atoms with Crippen LogP contribution in [0.15, 0.2) is 24.3 Å². The third-order valence-corrected chi connectivity index (χ3v) is 3.92. The van der Waals surface area contributed by atoms with E-state index in [0.29, 0.717) is 5.56 Å². The van der Waals surface area contributed by atoms with Gasteiger partial charge in [0.05, 0.1) is 31.2 Å². The Labute approximate surface area is 137 Å². The second kappa shape index (κ2) is 6.56. The lowest BCUT2D eigenvalue weighted by Gasteiger charge is -2.22. The summed E-state index contributed by atoms with van der Waals surface area (Å²) in [7, 11) is -2.45. The minimum Gasteiger partial charge on any atom is -0.467 e. The Kier molecular flexibility index (Phi) is 4.88. The summed E-state index contributed by atoms with van der Waals surface area (Å²) in [6.07, 6.45) is 2.25. The number of rotatable bonds is 5. The standard InChI is InChI=1S/C14H14FN3O5S/c1-22-13(19)14(8-17-24(2,20)21)6-12(18-23-14)9-3-4-11(15)10(5-9)7-16/h3-6,17-18H,8H2,1-2H3. The third-order valence-electron chi connectivity index (χ3n) is 3.25. The molecule has 0 aromatic heterocycles. The quantitative estimate of drug-likeness (QED) is 0.716. The number of ether oxygens (including phenoxy) is 1. The van der Waals surface area contributed by atoms with Gasteiger partial charge in [0.2, 0.25) is 15.6 Å². The van der Waals surface area contributed by atoms with Gasteiger partial charge in [-0.1, -0.05) is 0 Å². The first-order chi connectivity index (χ1) is 11.2. The number of sulfonamides is 1. The SMILES string of the molecule is COC(=O)C1(CNS(C)(=O)=O)C=C(c2ccc(F)c(C#N)c2)NO1. The van der Waals surface area contributed by atoms with Crippen LogP contribution in [-0.2, 0) is 24.4 Å². The number of hydrogen-bond acceptors (Lipinski definition) is 7. The van der Waals surface area contributed by atoms with Gasteiger partial charge >= 0.3 is 5.97 Å². The number of hydroxylamine groups is 1. The molecule has 0 aliphatic carbocycles. The Morgan fingerprint density at radius 3 is 2.83 bits per heavy atom. The van der Waals surface area contributed by atoms with E-state index >= 15 is 0 Å². The predicted octanol–water partition coefficient (Wildman–Crippen LogP) is 0.0341. The van der Waals surface area contributed by atoms with Crippen LogP contribution in [0.25, 0.3) is 5.70 Å². The van der Waals surface area contributed by atoms with Crippen molar-refractivity contribution >= 4 is 21.7 Å². The second-order valence-electron chi connectivity index (χ2n) is 5.04. The molecule has 0 bridgehead atoms. The molecule has 2 rings (SSSR count). The summed E-state index contributed by atoms with van der Waals surface area (Å²) in [5, 5.41) is 8.88. The van der Waals surface area contributed by atoms with Gasteiger partial charge in [0.25, 0.3) is 0 Å². The molecule has 24 heavy (non-hydrogen) atoms. The first kappa shape index (κ1) is 17.9. The summed E-state index contributed by atoms with van der Waals surface area (Å²) >= 11 is 0. The van der Waals surface area contributed by atoms with Crippen molar-refractivity contribution in [2.45, 2.75) is 5.60 Å². The summed E-state index contributed by atoms with van der Waals surface area (Å²) in [6, 6.07) is 5.46. The van der Waals surface area contributed by atoms with Crippen LogP contribution in [0.5, 0.6) is 0 Å². The topological polar surface area (TPSA) is 118 Å². The summed E-state index contributed by atoms with van der Waals surface area (Å²) < 4.78 is 42.8. The molecule has 1 aromatic rings. The number of nitrogens with one attached hydrogen (secondary N) is 2. The predicted molar refractivity (Wildman–Crippen MR) is 80.9 cm³/mol. The van der Waals surface area contributed by atoms with Gasteiger partial charge in [-0.25, -0.2) is 22.3 Å². The van der Waals surface area contributed by atoms with Crippen molar-refractivity contribution in [2.24, 2.45) is 0 Å². The van der Waals surface area contributed by atoms with Crippen LogP contribution in [0.1, 0.15) is 11.1 Å². The van der Waals surface area contributed by atoms with E-state index in [4.69, 9.17) is 10.1 Å². The first-order valence-corrected chi connectivity index (χ1v) is 8.50. The molecule has 2 N–H and O–H groups in total. The minimum absolute atomic E-state index is 0.181. The maximum absolute atomic E-state index is 13.4. The van der Waals surface area contributed by atoms with E-state index in [9.17, 15) is 17.6 Å². The van der Waals surface area contributed by atoms with Crippen molar-refractivity contribution in [1.29, 1.82) is 5.26 Å². The molecule has 0 radical (unpaired) electrons. The van der Waals surface area contributed by atoms with E-state index in [1.165, 1.54) is 18.2 Å². The Bertz CT molecular complexity index is 846. The zero-order valence-electron chi connectivity index (χ0n) is 12.8. The largest absolute Gasteiger partial charge is 0.467 e. The fraction of sp³-hybridized carbons (Fsp3) is 0.286. The zero-order chi connectivity index (χ0) is 18.0. The van der Waals surface area contributed by atoms with Gasteiger partial charge in [0, 0.05) is 5.56 Å². The molecule has 1 atom stereocenters. The van der Waals surface area contributed by atoms with Crippen molar-refractivity contribution in [3.63, 3.8) is 0 Å². The molecule has 1 aliphatic rings. The molecule has 8 nitrogen and oxygen atoms in total. The van der Waals surface area contributed by atoms with Crippen molar-refractivity contribution in [2.75, 3.05) is 19.9 Å². The van der Waals surface area contributed by atoms with Crippen molar-refractivity contribution < 1.29 is 27.2 Å². The third kappa shape index (κ3) is 3.70. The number of benzene rings is 1. The van der Waals surface area contributed by atoms with Gasteiger partial charge in [-0.15, -0.1) is 0 Å². The van der Waals surface area contributed by atoms with Crippen molar-refractivity contribution in [3.05, 3.63) is 41.2 Å². The number of esters is 1. The molecule has 1 aliphatic heterocycles. The lowest BCUT2D eigenvalue weighted by molar-refractivity contribution is -0.164. The van der Waals surface area contributed by atoms with Crippen LogP contribution < -0.4 is 10.2 Å². The first-order valence-electron chi connectivity index (χ1n) is 6.61. The van der Waals surface area contributed by atoms with Crippen LogP contribution in [0, 0.1) is 17.1 Å². The average molecular weight is 355 g/mol. The van der Waals surface area contributed by atoms with Crippen LogP contribution >= 0.6 is 0 Å². The number of carbonyl (C=O) groups is 1. The van der Waals surface area contributed by atoms with E-state index in [1.54, 1.807) is 6.07 Å². The molecule has 1 heterocycles. The zero-order valence-corrected chi connectivity index (χ0v) is 13.6. The number of halogens is 1. The molecule has 1 aromatic carbocycles. The van der Waals surface area contributed by atoms with E-state index in [2.05, 4.69) is 14.9 Å². The summed E-state index contributed by atoms with van der Waals surface area (Å²) in [4.78, 5) is 17.3. The Morgan fingerprint density at radius 2 is 2.25 bits per heavy atom. The Morgan fingerprint density at radius 1 is 1.54 bits per heavy atom. The Hall–Kier alpha value is -2.48. The number of carbonyl (C=O) groups excluding carboxylic acids is 1. The number of nitrogens with zero attached hydrogens (tertiary/aromatic N) is 1. The van der Waals surface area contributed by atoms with Crippen LogP contribution in [-0.4, -0.2) is 39.9 Å². The molecule has 1 unspecified atom stereocenters. The van der Waals surface area contributed by atoms with Crippen LogP contribution in [0.2, 0.25) is 0 Å². The average Bonchev–Trinajstić information content (AvgIpc) is 2.98. The van der Waals surface area contributed by atoms with E-state index in [0.717, 1.165) is 19.4 Å².